The summed E-state index contributed by atoms with van der Waals surface area (Å²) in [5.74, 6) is 1.57. The maximum Gasteiger partial charge on any atom is 0.326 e. The van der Waals surface area contributed by atoms with Crippen LogP contribution in [0.25, 0.3) is 17.0 Å². The summed E-state index contributed by atoms with van der Waals surface area (Å²) in [6.45, 7) is 3.92. The molecule has 0 bridgehead atoms. The fourth-order valence-electron chi connectivity index (χ4n) is 4.11. The van der Waals surface area contributed by atoms with E-state index in [1.807, 2.05) is 92.7 Å². The summed E-state index contributed by atoms with van der Waals surface area (Å²) in [4.78, 5) is 19.6. The van der Waals surface area contributed by atoms with Gasteiger partial charge in [-0.1, -0.05) is 53.2 Å². The molecule has 1 unspecified atom stereocenters. The molecule has 7 heteroatoms. The number of rotatable bonds is 5. The van der Waals surface area contributed by atoms with Crippen LogP contribution in [0.1, 0.15) is 30.0 Å². The predicted octanol–water partition coefficient (Wildman–Crippen LogP) is 5.76. The third kappa shape index (κ3) is 3.92. The van der Waals surface area contributed by atoms with E-state index < -0.39 is 6.04 Å². The zero-order valence-electron chi connectivity index (χ0n) is 19.1. The van der Waals surface area contributed by atoms with Crippen LogP contribution in [0.2, 0.25) is 0 Å². The normalized spacial score (nSPS) is 15.9. The molecule has 0 spiro atoms. The monoisotopic (exact) mass is 452 g/mol. The number of amides is 2. The zero-order chi connectivity index (χ0) is 23.7. The molecule has 0 saturated heterocycles. The molecule has 7 nitrogen and oxygen atoms in total. The molecule has 0 saturated carbocycles. The molecule has 1 N–H and O–H groups in total. The molecule has 2 amide bonds. The SMILES string of the molecule is COc1ccc(-c2noc(C3=C(C)N(c4ccc(C)cc4)C(=O)NC3c3ccccc3)n2)cc1. The summed E-state index contributed by atoms with van der Waals surface area (Å²) < 4.78 is 11.0. The largest absolute Gasteiger partial charge is 0.497 e. The molecule has 4 aromatic rings. The first-order valence-corrected chi connectivity index (χ1v) is 11.0. The van der Waals surface area contributed by atoms with Gasteiger partial charge in [0.25, 0.3) is 5.89 Å². The first-order valence-electron chi connectivity index (χ1n) is 11.0. The van der Waals surface area contributed by atoms with Gasteiger partial charge in [-0.15, -0.1) is 0 Å². The number of aryl methyl sites for hydroxylation is 1. The van der Waals surface area contributed by atoms with Gasteiger partial charge in [-0.3, -0.25) is 4.90 Å². The fourth-order valence-corrected chi connectivity index (χ4v) is 4.11. The summed E-state index contributed by atoms with van der Waals surface area (Å²) in [5.41, 5.74) is 5.09. The highest BCUT2D eigenvalue weighted by Crippen LogP contribution is 2.39. The second kappa shape index (κ2) is 8.86. The van der Waals surface area contributed by atoms with Gasteiger partial charge in [0, 0.05) is 11.3 Å². The van der Waals surface area contributed by atoms with Crippen molar-refractivity contribution in [2.75, 3.05) is 12.0 Å². The smallest absolute Gasteiger partial charge is 0.326 e. The van der Waals surface area contributed by atoms with Crippen LogP contribution in [0, 0.1) is 6.92 Å². The van der Waals surface area contributed by atoms with Gasteiger partial charge in [0.1, 0.15) is 5.75 Å². The summed E-state index contributed by atoms with van der Waals surface area (Å²) >= 11 is 0. The van der Waals surface area contributed by atoms with E-state index in [1.54, 1.807) is 12.0 Å². The lowest BCUT2D eigenvalue weighted by Gasteiger charge is -2.35. The summed E-state index contributed by atoms with van der Waals surface area (Å²) in [7, 11) is 1.62. The van der Waals surface area contributed by atoms with Crippen LogP contribution in [0.15, 0.2) is 89.1 Å². The minimum Gasteiger partial charge on any atom is -0.497 e. The Bertz CT molecular complexity index is 1340. The number of carbonyl (C=O) groups excluding carboxylic acids is 1. The van der Waals surface area contributed by atoms with Crippen LogP contribution in [0.3, 0.4) is 0 Å². The number of methoxy groups -OCH3 is 1. The van der Waals surface area contributed by atoms with Gasteiger partial charge in [-0.2, -0.15) is 4.98 Å². The molecule has 34 heavy (non-hydrogen) atoms. The molecule has 1 atom stereocenters. The van der Waals surface area contributed by atoms with Crippen LogP contribution in [-0.4, -0.2) is 23.3 Å². The summed E-state index contributed by atoms with van der Waals surface area (Å²) in [5, 5.41) is 7.34. The molecular formula is C27H24N4O3. The maximum absolute atomic E-state index is 13.2. The van der Waals surface area contributed by atoms with Gasteiger partial charge < -0.3 is 14.6 Å². The van der Waals surface area contributed by atoms with E-state index in [9.17, 15) is 4.79 Å². The Labute approximate surface area is 197 Å². The van der Waals surface area contributed by atoms with Crippen LogP contribution >= 0.6 is 0 Å². The van der Waals surface area contributed by atoms with E-state index in [0.717, 1.165) is 39.4 Å². The number of allylic oxidation sites excluding steroid dienone is 1. The highest BCUT2D eigenvalue weighted by Gasteiger charge is 2.36. The molecule has 0 radical (unpaired) electrons. The highest BCUT2D eigenvalue weighted by molar-refractivity contribution is 6.01. The van der Waals surface area contributed by atoms with Gasteiger partial charge in [0.05, 0.1) is 24.4 Å². The number of hydrogen-bond acceptors (Lipinski definition) is 5. The average Bonchev–Trinajstić information content (AvgIpc) is 3.35. The molecule has 0 fully saturated rings. The minimum absolute atomic E-state index is 0.214. The first-order chi connectivity index (χ1) is 16.5. The van der Waals surface area contributed by atoms with Crippen LogP contribution in [-0.2, 0) is 0 Å². The van der Waals surface area contributed by atoms with Crippen molar-refractivity contribution in [2.45, 2.75) is 19.9 Å². The second-order valence-electron chi connectivity index (χ2n) is 8.11. The lowest BCUT2D eigenvalue weighted by atomic mass is 9.94. The highest BCUT2D eigenvalue weighted by atomic mass is 16.5. The van der Waals surface area contributed by atoms with Crippen molar-refractivity contribution >= 4 is 17.3 Å². The molecule has 170 valence electrons. The minimum atomic E-state index is -0.431. The average molecular weight is 453 g/mol. The number of urea groups is 1. The van der Waals surface area contributed by atoms with Gasteiger partial charge in [0.15, 0.2) is 0 Å². The van der Waals surface area contributed by atoms with E-state index in [-0.39, 0.29) is 6.03 Å². The van der Waals surface area contributed by atoms with Crippen molar-refractivity contribution < 1.29 is 14.1 Å². The first kappa shape index (κ1) is 21.5. The van der Waals surface area contributed by atoms with Crippen LogP contribution < -0.4 is 15.0 Å². The van der Waals surface area contributed by atoms with E-state index in [1.165, 1.54) is 0 Å². The zero-order valence-corrected chi connectivity index (χ0v) is 19.1. The lowest BCUT2D eigenvalue weighted by Crippen LogP contribution is -2.46. The predicted molar refractivity (Wildman–Crippen MR) is 130 cm³/mol. The van der Waals surface area contributed by atoms with E-state index in [0.29, 0.717) is 11.7 Å². The Hall–Kier alpha value is -4.39. The van der Waals surface area contributed by atoms with E-state index in [4.69, 9.17) is 14.2 Å². The topological polar surface area (TPSA) is 80.5 Å². The number of carbonyl (C=O) groups is 1. The second-order valence-corrected chi connectivity index (χ2v) is 8.11. The summed E-state index contributed by atoms with van der Waals surface area (Å²) in [6, 6.07) is 24.4. The van der Waals surface area contributed by atoms with Crippen molar-refractivity contribution in [3.8, 4) is 17.1 Å². The number of nitrogens with zero attached hydrogens (tertiary/aromatic N) is 3. The molecule has 1 aliphatic heterocycles. The fraction of sp³-hybridized carbons (Fsp3) is 0.148. The number of benzene rings is 3. The molecule has 1 aromatic heterocycles. The molecular weight excluding hydrogens is 428 g/mol. The number of anilines is 1. The Kier molecular flexibility index (Phi) is 5.59. The van der Waals surface area contributed by atoms with E-state index >= 15 is 0 Å². The van der Waals surface area contributed by atoms with Crippen molar-refractivity contribution in [1.29, 1.82) is 0 Å². The lowest BCUT2D eigenvalue weighted by molar-refractivity contribution is 0.244. The van der Waals surface area contributed by atoms with Gasteiger partial charge in [-0.25, -0.2) is 4.79 Å². The number of nitrogens with one attached hydrogen (secondary N) is 1. The molecule has 1 aliphatic rings. The molecule has 3 aromatic carbocycles. The van der Waals surface area contributed by atoms with Crippen molar-refractivity contribution in [2.24, 2.45) is 0 Å². The van der Waals surface area contributed by atoms with Crippen molar-refractivity contribution in [3.05, 3.63) is 102 Å². The Morgan fingerprint density at radius 1 is 0.941 bits per heavy atom. The maximum atomic E-state index is 13.2. The van der Waals surface area contributed by atoms with Crippen molar-refractivity contribution in [1.82, 2.24) is 15.5 Å². The van der Waals surface area contributed by atoms with Crippen molar-refractivity contribution in [3.63, 3.8) is 0 Å². The molecule has 0 aliphatic carbocycles. The Morgan fingerprint density at radius 2 is 1.65 bits per heavy atom. The quantitative estimate of drug-likeness (QED) is 0.417. The van der Waals surface area contributed by atoms with Gasteiger partial charge >= 0.3 is 6.03 Å². The Balaban J connectivity index is 1.62. The molecule has 2 heterocycles. The van der Waals surface area contributed by atoms with Gasteiger partial charge in [-0.05, 0) is 55.8 Å². The summed E-state index contributed by atoms with van der Waals surface area (Å²) in [6.07, 6.45) is 0. The van der Waals surface area contributed by atoms with E-state index in [2.05, 4.69) is 10.5 Å². The standard InChI is InChI=1S/C27H24N4O3/c1-17-9-13-21(14-10-17)31-18(2)23(24(28-27(31)32)19-7-5-4-6-8-19)26-29-25(30-34-26)20-11-15-22(33-3)16-12-20/h4-16,24H,1-3H3,(H,28,32). The Morgan fingerprint density at radius 3 is 2.32 bits per heavy atom. The van der Waals surface area contributed by atoms with Crippen LogP contribution in [0.4, 0.5) is 10.5 Å². The third-order valence-corrected chi connectivity index (χ3v) is 5.91. The van der Waals surface area contributed by atoms with Gasteiger partial charge in [0.2, 0.25) is 5.82 Å². The molecule has 5 rings (SSSR count). The number of hydrogen-bond donors (Lipinski definition) is 1. The van der Waals surface area contributed by atoms with Crippen LogP contribution in [0.5, 0.6) is 5.75 Å². The number of aromatic nitrogens is 2. The number of ether oxygens (including phenoxy) is 1. The third-order valence-electron chi connectivity index (χ3n) is 5.91.